The lowest BCUT2D eigenvalue weighted by molar-refractivity contribution is -0.133. The monoisotopic (exact) mass is 258 g/mol. The lowest BCUT2D eigenvalue weighted by Crippen LogP contribution is -2.31. The first kappa shape index (κ1) is 17.4. The highest BCUT2D eigenvalue weighted by Gasteiger charge is 2.11. The van der Waals surface area contributed by atoms with Gasteiger partial charge in [-0.3, -0.25) is 4.79 Å². The van der Waals surface area contributed by atoms with E-state index in [4.69, 9.17) is 4.74 Å². The van der Waals surface area contributed by atoms with Crippen LogP contribution in [0.1, 0.15) is 40.0 Å². The molecule has 0 spiro atoms. The maximum Gasteiger partial charge on any atom is 0.224 e. The summed E-state index contributed by atoms with van der Waals surface area (Å²) in [5.74, 6) is 0.291. The minimum Gasteiger partial charge on any atom is -0.381 e. The van der Waals surface area contributed by atoms with Gasteiger partial charge in [0.1, 0.15) is 0 Å². The van der Waals surface area contributed by atoms with Gasteiger partial charge < -0.3 is 15.0 Å². The van der Waals surface area contributed by atoms with Gasteiger partial charge in [0.25, 0.3) is 0 Å². The fraction of sp³-hybridized carbons (Fsp3) is 0.929. The summed E-state index contributed by atoms with van der Waals surface area (Å²) in [5.41, 5.74) is 0. The third-order valence-electron chi connectivity index (χ3n) is 2.72. The number of amides is 1. The van der Waals surface area contributed by atoms with Crippen molar-refractivity contribution in [1.29, 1.82) is 0 Å². The van der Waals surface area contributed by atoms with Gasteiger partial charge in [0, 0.05) is 32.7 Å². The van der Waals surface area contributed by atoms with E-state index in [9.17, 15) is 4.79 Å². The molecule has 0 rings (SSSR count). The third-order valence-corrected chi connectivity index (χ3v) is 2.72. The number of carbonyl (C=O) groups is 1. The molecule has 0 bridgehead atoms. The quantitative estimate of drug-likeness (QED) is 0.576. The molecule has 0 aromatic carbocycles. The van der Waals surface area contributed by atoms with Crippen LogP contribution in [0.25, 0.3) is 0 Å². The molecule has 0 aromatic rings. The first-order valence-electron chi connectivity index (χ1n) is 7.13. The molecule has 0 unspecified atom stereocenters. The zero-order valence-electron chi connectivity index (χ0n) is 12.5. The predicted molar refractivity (Wildman–Crippen MR) is 75.7 cm³/mol. The molecule has 18 heavy (non-hydrogen) atoms. The molecule has 0 saturated heterocycles. The number of hydrogen-bond donors (Lipinski definition) is 1. The van der Waals surface area contributed by atoms with E-state index in [1.165, 1.54) is 6.42 Å². The minimum atomic E-state index is 0.0839. The molecule has 0 atom stereocenters. The standard InChI is InChI=1S/C14H30N2O2/c1-5-8-15-9-6-11-18-12-7-10-16(4)14(17)13(2)3/h13,15H,5-12H2,1-4H3. The van der Waals surface area contributed by atoms with Crippen molar-refractivity contribution in [3.8, 4) is 0 Å². The molecule has 1 amide bonds. The van der Waals surface area contributed by atoms with Crippen molar-refractivity contribution in [2.24, 2.45) is 5.92 Å². The van der Waals surface area contributed by atoms with Crippen molar-refractivity contribution in [1.82, 2.24) is 10.2 Å². The minimum absolute atomic E-state index is 0.0839. The number of rotatable bonds is 11. The summed E-state index contributed by atoms with van der Waals surface area (Å²) in [6, 6.07) is 0. The van der Waals surface area contributed by atoms with Gasteiger partial charge in [-0.2, -0.15) is 0 Å². The van der Waals surface area contributed by atoms with E-state index in [2.05, 4.69) is 12.2 Å². The Hall–Kier alpha value is -0.610. The Labute approximate surface area is 112 Å². The summed E-state index contributed by atoms with van der Waals surface area (Å²) >= 11 is 0. The highest BCUT2D eigenvalue weighted by atomic mass is 16.5. The molecule has 0 aliphatic heterocycles. The van der Waals surface area contributed by atoms with Crippen molar-refractivity contribution in [3.63, 3.8) is 0 Å². The number of ether oxygens (including phenoxy) is 1. The normalized spacial score (nSPS) is 10.9. The molecule has 0 aliphatic carbocycles. The molecular weight excluding hydrogens is 228 g/mol. The van der Waals surface area contributed by atoms with Crippen molar-refractivity contribution in [3.05, 3.63) is 0 Å². The van der Waals surface area contributed by atoms with Gasteiger partial charge in [-0.25, -0.2) is 0 Å². The lowest BCUT2D eigenvalue weighted by Gasteiger charge is -2.19. The Morgan fingerprint density at radius 2 is 1.89 bits per heavy atom. The second kappa shape index (κ2) is 11.5. The summed E-state index contributed by atoms with van der Waals surface area (Å²) in [7, 11) is 1.86. The molecule has 108 valence electrons. The summed E-state index contributed by atoms with van der Waals surface area (Å²) in [6.07, 6.45) is 3.15. The number of nitrogens with zero attached hydrogens (tertiary/aromatic N) is 1. The maximum atomic E-state index is 11.6. The van der Waals surface area contributed by atoms with Gasteiger partial charge in [0.05, 0.1) is 0 Å². The first-order chi connectivity index (χ1) is 8.59. The van der Waals surface area contributed by atoms with Crippen LogP contribution in [-0.2, 0) is 9.53 Å². The average Bonchev–Trinajstić information content (AvgIpc) is 2.35. The fourth-order valence-electron chi connectivity index (χ4n) is 1.66. The maximum absolute atomic E-state index is 11.6. The second-order valence-corrected chi connectivity index (χ2v) is 4.98. The van der Waals surface area contributed by atoms with Crippen LogP contribution >= 0.6 is 0 Å². The van der Waals surface area contributed by atoms with Crippen LogP contribution in [0, 0.1) is 5.92 Å². The van der Waals surface area contributed by atoms with Crippen molar-refractivity contribution in [2.45, 2.75) is 40.0 Å². The number of hydrogen-bond acceptors (Lipinski definition) is 3. The van der Waals surface area contributed by atoms with Crippen LogP contribution in [-0.4, -0.2) is 50.7 Å². The molecule has 0 fully saturated rings. The Kier molecular flexibility index (Phi) is 11.1. The Morgan fingerprint density at radius 3 is 2.50 bits per heavy atom. The van der Waals surface area contributed by atoms with Gasteiger partial charge in [-0.05, 0) is 32.4 Å². The molecular formula is C14H30N2O2. The van der Waals surface area contributed by atoms with Crippen molar-refractivity contribution < 1.29 is 9.53 Å². The van der Waals surface area contributed by atoms with Crippen molar-refractivity contribution in [2.75, 3.05) is 39.9 Å². The van der Waals surface area contributed by atoms with E-state index in [1.807, 2.05) is 20.9 Å². The Morgan fingerprint density at radius 1 is 1.22 bits per heavy atom. The van der Waals surface area contributed by atoms with Crippen LogP contribution in [0.3, 0.4) is 0 Å². The van der Waals surface area contributed by atoms with Crippen LogP contribution in [0.2, 0.25) is 0 Å². The van der Waals surface area contributed by atoms with Crippen LogP contribution < -0.4 is 5.32 Å². The summed E-state index contributed by atoms with van der Waals surface area (Å²) in [6.45, 7) is 10.5. The van der Waals surface area contributed by atoms with E-state index >= 15 is 0 Å². The predicted octanol–water partition coefficient (Wildman–Crippen LogP) is 1.90. The Balaban J connectivity index is 3.27. The van der Waals surface area contributed by atoms with E-state index in [1.54, 1.807) is 4.90 Å². The molecule has 0 heterocycles. The summed E-state index contributed by atoms with van der Waals surface area (Å²) in [4.78, 5) is 13.4. The van der Waals surface area contributed by atoms with E-state index < -0.39 is 0 Å². The molecule has 0 aliphatic rings. The molecule has 0 saturated carbocycles. The van der Waals surface area contributed by atoms with Gasteiger partial charge in [0.15, 0.2) is 0 Å². The van der Waals surface area contributed by atoms with E-state index in [0.717, 1.165) is 45.7 Å². The first-order valence-corrected chi connectivity index (χ1v) is 7.13. The van der Waals surface area contributed by atoms with Gasteiger partial charge in [-0.1, -0.05) is 20.8 Å². The summed E-state index contributed by atoms with van der Waals surface area (Å²) in [5, 5.41) is 3.34. The van der Waals surface area contributed by atoms with Crippen LogP contribution in [0.15, 0.2) is 0 Å². The SMILES string of the molecule is CCCNCCCOCCCN(C)C(=O)C(C)C. The van der Waals surface area contributed by atoms with Crippen molar-refractivity contribution >= 4 is 5.91 Å². The molecule has 0 aromatic heterocycles. The molecule has 0 radical (unpaired) electrons. The summed E-state index contributed by atoms with van der Waals surface area (Å²) < 4.78 is 5.53. The number of carbonyl (C=O) groups excluding carboxylic acids is 1. The van der Waals surface area contributed by atoms with Gasteiger partial charge in [0.2, 0.25) is 5.91 Å². The average molecular weight is 258 g/mol. The van der Waals surface area contributed by atoms with Crippen LogP contribution in [0.5, 0.6) is 0 Å². The zero-order valence-corrected chi connectivity index (χ0v) is 12.5. The third kappa shape index (κ3) is 9.42. The fourth-order valence-corrected chi connectivity index (χ4v) is 1.66. The topological polar surface area (TPSA) is 41.6 Å². The molecule has 4 heteroatoms. The van der Waals surface area contributed by atoms with Gasteiger partial charge >= 0.3 is 0 Å². The van der Waals surface area contributed by atoms with Crippen LogP contribution in [0.4, 0.5) is 0 Å². The molecule has 4 nitrogen and oxygen atoms in total. The molecule has 1 N–H and O–H groups in total. The zero-order chi connectivity index (χ0) is 13.8. The number of nitrogens with one attached hydrogen (secondary N) is 1. The Bertz CT molecular complexity index is 208. The lowest BCUT2D eigenvalue weighted by atomic mass is 10.2. The van der Waals surface area contributed by atoms with E-state index in [0.29, 0.717) is 0 Å². The smallest absolute Gasteiger partial charge is 0.224 e. The second-order valence-electron chi connectivity index (χ2n) is 4.98. The highest BCUT2D eigenvalue weighted by Crippen LogP contribution is 1.99. The van der Waals surface area contributed by atoms with Gasteiger partial charge in [-0.15, -0.1) is 0 Å². The van der Waals surface area contributed by atoms with E-state index in [-0.39, 0.29) is 11.8 Å². The largest absolute Gasteiger partial charge is 0.381 e. The highest BCUT2D eigenvalue weighted by molar-refractivity contribution is 5.77.